The third kappa shape index (κ3) is 4.27. The van der Waals surface area contributed by atoms with Crippen molar-refractivity contribution in [2.75, 3.05) is 44.9 Å². The van der Waals surface area contributed by atoms with Gasteiger partial charge in [-0.1, -0.05) is 6.07 Å². The second kappa shape index (κ2) is 7.66. The van der Waals surface area contributed by atoms with Crippen LogP contribution in [-0.4, -0.2) is 66.9 Å². The molecule has 7 heteroatoms. The summed E-state index contributed by atoms with van der Waals surface area (Å²) in [6.45, 7) is 2.41. The fourth-order valence-electron chi connectivity index (χ4n) is 3.33. The van der Waals surface area contributed by atoms with Gasteiger partial charge in [-0.25, -0.2) is 4.79 Å². The van der Waals surface area contributed by atoms with Crippen LogP contribution in [0.4, 0.5) is 10.5 Å². The van der Waals surface area contributed by atoms with Gasteiger partial charge < -0.3 is 19.9 Å². The van der Waals surface area contributed by atoms with E-state index < -0.39 is 5.60 Å². The Morgan fingerprint density at radius 3 is 2.76 bits per heavy atom. The third-order valence-corrected chi connectivity index (χ3v) is 5.74. The maximum absolute atomic E-state index is 12.5. The van der Waals surface area contributed by atoms with Crippen molar-refractivity contribution >= 4 is 29.4 Å². The third-order valence-electron chi connectivity index (χ3n) is 5.02. The molecule has 0 saturated carbocycles. The average Bonchev–Trinajstić information content (AvgIpc) is 2.74. The lowest BCUT2D eigenvalue weighted by molar-refractivity contribution is -0.134. The summed E-state index contributed by atoms with van der Waals surface area (Å²) in [5.41, 5.74) is 0.400. The molecule has 136 valence electrons. The second-order valence-electron chi connectivity index (χ2n) is 6.67. The molecule has 0 aromatic heterocycles. The average molecular weight is 363 g/mol. The molecule has 0 aliphatic carbocycles. The molecule has 1 N–H and O–H groups in total. The first-order chi connectivity index (χ1) is 12.0. The summed E-state index contributed by atoms with van der Waals surface area (Å²) in [5.74, 6) is 0.129. The molecule has 2 aliphatic heterocycles. The number of piperidine rings is 1. The van der Waals surface area contributed by atoms with Gasteiger partial charge in [0.2, 0.25) is 5.91 Å². The van der Waals surface area contributed by atoms with Crippen LogP contribution >= 0.6 is 11.8 Å². The van der Waals surface area contributed by atoms with E-state index in [1.165, 1.54) is 0 Å². The van der Waals surface area contributed by atoms with E-state index >= 15 is 0 Å². The summed E-state index contributed by atoms with van der Waals surface area (Å²) >= 11 is 1.65. The first-order valence-electron chi connectivity index (χ1n) is 8.59. The topological polar surface area (TPSA) is 61.9 Å². The number of carbonyl (C=O) groups excluding carboxylic acids is 2. The molecule has 2 saturated heterocycles. The molecule has 1 aromatic carbocycles. The van der Waals surface area contributed by atoms with Gasteiger partial charge in [0.1, 0.15) is 0 Å². The van der Waals surface area contributed by atoms with Crippen molar-refractivity contribution in [1.82, 2.24) is 9.80 Å². The number of nitrogens with zero attached hydrogens (tertiary/aromatic N) is 2. The Bertz CT molecular complexity index is 644. The molecule has 3 amide bonds. The number of urea groups is 1. The SMILES string of the molecule is CSc1cccc(NC(=O)N2CCC3(CC2)CC(=O)N(C)CCO3)c1. The van der Waals surface area contributed by atoms with E-state index in [4.69, 9.17) is 4.74 Å². The van der Waals surface area contributed by atoms with Gasteiger partial charge in [-0.05, 0) is 37.3 Å². The fourth-order valence-corrected chi connectivity index (χ4v) is 3.79. The van der Waals surface area contributed by atoms with Crippen LogP contribution in [0.3, 0.4) is 0 Å². The predicted octanol–water partition coefficient (Wildman–Crippen LogP) is 2.65. The van der Waals surface area contributed by atoms with Gasteiger partial charge in [0.15, 0.2) is 0 Å². The largest absolute Gasteiger partial charge is 0.372 e. The van der Waals surface area contributed by atoms with Gasteiger partial charge in [-0.15, -0.1) is 11.8 Å². The minimum Gasteiger partial charge on any atom is -0.372 e. The lowest BCUT2D eigenvalue weighted by Gasteiger charge is -2.40. The van der Waals surface area contributed by atoms with Crippen LogP contribution in [-0.2, 0) is 9.53 Å². The molecule has 0 unspecified atom stereocenters. The van der Waals surface area contributed by atoms with Crippen molar-refractivity contribution in [2.45, 2.75) is 29.8 Å². The number of carbonyl (C=O) groups is 2. The molecule has 1 aromatic rings. The molecule has 1 spiro atoms. The molecule has 3 rings (SSSR count). The van der Waals surface area contributed by atoms with Crippen molar-refractivity contribution in [2.24, 2.45) is 0 Å². The molecule has 0 bridgehead atoms. The smallest absolute Gasteiger partial charge is 0.321 e. The Kier molecular flexibility index (Phi) is 5.54. The highest BCUT2D eigenvalue weighted by Crippen LogP contribution is 2.32. The maximum Gasteiger partial charge on any atom is 0.321 e. The number of rotatable bonds is 2. The molecule has 0 atom stereocenters. The number of nitrogens with one attached hydrogen (secondary N) is 1. The van der Waals surface area contributed by atoms with Crippen molar-refractivity contribution in [3.63, 3.8) is 0 Å². The number of likely N-dealkylation sites (tertiary alicyclic amines) is 1. The summed E-state index contributed by atoms with van der Waals surface area (Å²) in [7, 11) is 1.82. The van der Waals surface area contributed by atoms with Crippen LogP contribution in [0.15, 0.2) is 29.2 Å². The molecule has 0 radical (unpaired) electrons. The summed E-state index contributed by atoms with van der Waals surface area (Å²) in [4.78, 5) is 29.3. The normalized spacial score (nSPS) is 20.5. The Balaban J connectivity index is 1.58. The molecule has 25 heavy (non-hydrogen) atoms. The fraction of sp³-hybridized carbons (Fsp3) is 0.556. The van der Waals surface area contributed by atoms with Crippen molar-refractivity contribution in [1.29, 1.82) is 0 Å². The highest BCUT2D eigenvalue weighted by atomic mass is 32.2. The van der Waals surface area contributed by atoms with E-state index in [1.54, 1.807) is 21.6 Å². The highest BCUT2D eigenvalue weighted by molar-refractivity contribution is 7.98. The van der Waals surface area contributed by atoms with Crippen molar-refractivity contribution in [3.8, 4) is 0 Å². The van der Waals surface area contributed by atoms with Gasteiger partial charge in [0.25, 0.3) is 0 Å². The number of likely N-dealkylation sites (N-methyl/N-ethyl adjacent to an activating group) is 1. The summed E-state index contributed by atoms with van der Waals surface area (Å²) in [6, 6.07) is 7.73. The molecular weight excluding hydrogens is 338 g/mol. The van der Waals surface area contributed by atoms with E-state index in [9.17, 15) is 9.59 Å². The van der Waals surface area contributed by atoms with E-state index in [-0.39, 0.29) is 11.9 Å². The van der Waals surface area contributed by atoms with E-state index in [2.05, 4.69) is 5.32 Å². The number of benzene rings is 1. The van der Waals surface area contributed by atoms with Gasteiger partial charge in [0.05, 0.1) is 18.6 Å². The first kappa shape index (κ1) is 18.1. The Hall–Kier alpha value is -1.73. The monoisotopic (exact) mass is 363 g/mol. The lowest BCUT2D eigenvalue weighted by Crippen LogP contribution is -2.50. The Morgan fingerprint density at radius 1 is 1.28 bits per heavy atom. The number of hydrogen-bond donors (Lipinski definition) is 1. The summed E-state index contributed by atoms with van der Waals surface area (Å²) < 4.78 is 6.03. The van der Waals surface area contributed by atoms with Gasteiger partial charge in [0, 0.05) is 37.3 Å². The van der Waals surface area contributed by atoms with Crippen LogP contribution in [0.1, 0.15) is 19.3 Å². The number of thioether (sulfide) groups is 1. The van der Waals surface area contributed by atoms with E-state index in [1.807, 2.05) is 37.6 Å². The zero-order valence-corrected chi connectivity index (χ0v) is 15.6. The second-order valence-corrected chi connectivity index (χ2v) is 7.55. The molecular formula is C18H25N3O3S. The molecule has 2 heterocycles. The predicted molar refractivity (Wildman–Crippen MR) is 99.0 cm³/mol. The lowest BCUT2D eigenvalue weighted by atomic mass is 9.87. The van der Waals surface area contributed by atoms with E-state index in [0.717, 1.165) is 10.6 Å². The van der Waals surface area contributed by atoms with Crippen LogP contribution in [0.25, 0.3) is 0 Å². The standard InChI is InChI=1S/C18H25N3O3S/c1-20-10-11-24-18(13-16(20)22)6-8-21(9-7-18)17(23)19-14-4-3-5-15(12-14)25-2/h3-5,12H,6-11,13H2,1-2H3,(H,19,23). The Morgan fingerprint density at radius 2 is 2.04 bits per heavy atom. The summed E-state index contributed by atoms with van der Waals surface area (Å²) in [6.07, 6.45) is 3.82. The van der Waals surface area contributed by atoms with Crippen LogP contribution in [0.2, 0.25) is 0 Å². The van der Waals surface area contributed by atoms with Crippen LogP contribution in [0.5, 0.6) is 0 Å². The number of anilines is 1. The zero-order valence-electron chi connectivity index (χ0n) is 14.8. The van der Waals surface area contributed by atoms with E-state index in [0.29, 0.717) is 45.5 Å². The highest BCUT2D eigenvalue weighted by Gasteiger charge is 2.40. The van der Waals surface area contributed by atoms with Crippen LogP contribution in [0, 0.1) is 0 Å². The molecule has 2 aliphatic rings. The van der Waals surface area contributed by atoms with Crippen molar-refractivity contribution in [3.05, 3.63) is 24.3 Å². The summed E-state index contributed by atoms with van der Waals surface area (Å²) in [5, 5.41) is 2.96. The van der Waals surface area contributed by atoms with Gasteiger partial charge in [-0.2, -0.15) is 0 Å². The quantitative estimate of drug-likeness (QED) is 0.821. The number of ether oxygens (including phenoxy) is 1. The maximum atomic E-state index is 12.5. The molecule has 6 nitrogen and oxygen atoms in total. The zero-order chi connectivity index (χ0) is 17.9. The van der Waals surface area contributed by atoms with Gasteiger partial charge >= 0.3 is 6.03 Å². The first-order valence-corrected chi connectivity index (χ1v) is 9.82. The number of amides is 3. The van der Waals surface area contributed by atoms with Crippen molar-refractivity contribution < 1.29 is 14.3 Å². The minimum absolute atomic E-state index is 0.0924. The number of hydrogen-bond acceptors (Lipinski definition) is 4. The molecule has 2 fully saturated rings. The Labute approximate surface area is 152 Å². The van der Waals surface area contributed by atoms with Gasteiger partial charge in [-0.3, -0.25) is 4.79 Å². The van der Waals surface area contributed by atoms with Crippen LogP contribution < -0.4 is 5.32 Å². The minimum atomic E-state index is -0.405.